The Kier molecular flexibility index (Phi) is 8.43. The first-order valence-electron chi connectivity index (χ1n) is 10.3. The van der Waals surface area contributed by atoms with E-state index < -0.39 is 12.1 Å². The molecule has 0 bridgehead atoms. The lowest BCUT2D eigenvalue weighted by atomic mass is 10.0. The lowest BCUT2D eigenvalue weighted by Crippen LogP contribution is -2.31. The van der Waals surface area contributed by atoms with Crippen molar-refractivity contribution in [2.75, 3.05) is 20.3 Å². The molecule has 0 spiro atoms. The molecule has 0 amide bonds. The van der Waals surface area contributed by atoms with Crippen molar-refractivity contribution in [3.05, 3.63) is 95.6 Å². The summed E-state index contributed by atoms with van der Waals surface area (Å²) in [4.78, 5) is 11.9. The molecule has 0 saturated carbocycles. The van der Waals surface area contributed by atoms with Gasteiger partial charge in [0.1, 0.15) is 24.2 Å². The van der Waals surface area contributed by atoms with Crippen molar-refractivity contribution in [2.45, 2.75) is 12.6 Å². The highest BCUT2D eigenvalue weighted by atomic mass is 16.5. The number of methoxy groups -OCH3 is 1. The van der Waals surface area contributed by atoms with E-state index in [1.807, 2.05) is 36.4 Å². The molecule has 3 aromatic rings. The Labute approximate surface area is 187 Å². The van der Waals surface area contributed by atoms with Crippen molar-refractivity contribution in [1.29, 1.82) is 0 Å². The van der Waals surface area contributed by atoms with Crippen LogP contribution in [0, 0.1) is 0 Å². The number of hydrogen-bond acceptors (Lipinski definition) is 5. The van der Waals surface area contributed by atoms with Gasteiger partial charge in [0.25, 0.3) is 0 Å². The van der Waals surface area contributed by atoms with Gasteiger partial charge >= 0.3 is 5.97 Å². The third-order valence-corrected chi connectivity index (χ3v) is 4.83. The zero-order valence-corrected chi connectivity index (χ0v) is 17.9. The number of aliphatic hydroxyl groups excluding tert-OH is 1. The highest BCUT2D eigenvalue weighted by molar-refractivity contribution is 6.20. The summed E-state index contributed by atoms with van der Waals surface area (Å²) in [6.45, 7) is 1.11. The van der Waals surface area contributed by atoms with Gasteiger partial charge in [-0.3, -0.25) is 0 Å². The maximum absolute atomic E-state index is 11.9. The minimum Gasteiger partial charge on any atom is -0.497 e. The molecule has 3 rings (SSSR count). The van der Waals surface area contributed by atoms with Crippen molar-refractivity contribution in [1.82, 2.24) is 5.32 Å². The zero-order valence-electron chi connectivity index (χ0n) is 17.9. The van der Waals surface area contributed by atoms with E-state index in [-0.39, 0.29) is 12.2 Å². The molecular formula is C26H27NO5. The van der Waals surface area contributed by atoms with Gasteiger partial charge in [-0.25, -0.2) is 4.79 Å². The van der Waals surface area contributed by atoms with Crippen LogP contribution in [-0.2, 0) is 11.3 Å². The summed E-state index contributed by atoms with van der Waals surface area (Å²) in [6, 6.07) is 23.9. The van der Waals surface area contributed by atoms with Crippen LogP contribution in [0.15, 0.2) is 78.9 Å². The van der Waals surface area contributed by atoms with Crippen LogP contribution >= 0.6 is 0 Å². The average Bonchev–Trinajstić information content (AvgIpc) is 2.82. The number of benzene rings is 3. The fourth-order valence-electron chi connectivity index (χ4n) is 3.15. The van der Waals surface area contributed by atoms with E-state index in [1.54, 1.807) is 55.7 Å². The molecule has 3 N–H and O–H groups in total. The molecule has 6 heteroatoms. The molecule has 0 heterocycles. The van der Waals surface area contributed by atoms with E-state index in [0.717, 1.165) is 5.56 Å². The highest BCUT2D eigenvalue weighted by Crippen LogP contribution is 2.26. The van der Waals surface area contributed by atoms with E-state index in [0.29, 0.717) is 35.7 Å². The number of ether oxygens (including phenoxy) is 2. The second-order valence-electron chi connectivity index (χ2n) is 7.21. The zero-order chi connectivity index (χ0) is 22.8. The number of carboxylic acids is 1. The van der Waals surface area contributed by atoms with E-state index in [4.69, 9.17) is 9.47 Å². The minimum absolute atomic E-state index is 0.0809. The van der Waals surface area contributed by atoms with E-state index in [1.165, 1.54) is 0 Å². The molecule has 1 atom stereocenters. The highest BCUT2D eigenvalue weighted by Gasteiger charge is 2.13. The number of nitrogens with one attached hydrogen (secondary N) is 1. The number of aliphatic carboxylic acids is 1. The van der Waals surface area contributed by atoms with Gasteiger partial charge in [0.15, 0.2) is 0 Å². The van der Waals surface area contributed by atoms with Gasteiger partial charge in [-0.1, -0.05) is 60.7 Å². The molecule has 3 aromatic carbocycles. The maximum Gasteiger partial charge on any atom is 0.336 e. The number of hydrogen-bond donors (Lipinski definition) is 3. The van der Waals surface area contributed by atoms with Gasteiger partial charge in [0.2, 0.25) is 0 Å². The lowest BCUT2D eigenvalue weighted by molar-refractivity contribution is -0.130. The summed E-state index contributed by atoms with van der Waals surface area (Å²) in [7, 11) is 1.56. The van der Waals surface area contributed by atoms with Crippen LogP contribution in [-0.4, -0.2) is 42.5 Å². The van der Waals surface area contributed by atoms with Crippen molar-refractivity contribution in [3.63, 3.8) is 0 Å². The second-order valence-corrected chi connectivity index (χ2v) is 7.21. The summed E-state index contributed by atoms with van der Waals surface area (Å²) in [5.41, 5.74) is 2.44. The van der Waals surface area contributed by atoms with Crippen molar-refractivity contribution in [2.24, 2.45) is 0 Å². The molecule has 0 aliphatic heterocycles. The topological polar surface area (TPSA) is 88.0 Å². The number of carboxylic acid groups (broad SMARTS) is 1. The summed E-state index contributed by atoms with van der Waals surface area (Å²) in [5.74, 6) is 0.106. The SMILES string of the molecule is COc1ccc(C(=Cc2ccccc2OCC(O)CNCc2ccccc2)C(=O)O)cc1. The quantitative estimate of drug-likeness (QED) is 0.315. The third kappa shape index (κ3) is 6.70. The normalized spacial score (nSPS) is 12.2. The number of aliphatic hydroxyl groups is 1. The Morgan fingerprint density at radius 3 is 2.38 bits per heavy atom. The first kappa shape index (κ1) is 23.1. The third-order valence-electron chi connectivity index (χ3n) is 4.83. The first-order valence-corrected chi connectivity index (χ1v) is 10.3. The van der Waals surface area contributed by atoms with Crippen LogP contribution in [0.1, 0.15) is 16.7 Å². The standard InChI is InChI=1S/C26H27NO5/c1-31-23-13-11-20(12-14-23)24(26(29)30)15-21-9-5-6-10-25(21)32-18-22(28)17-27-16-19-7-3-2-4-8-19/h2-15,22,27-28H,16-18H2,1H3,(H,29,30). The van der Waals surface area contributed by atoms with Gasteiger partial charge < -0.3 is 25.0 Å². The molecule has 0 aromatic heterocycles. The average molecular weight is 434 g/mol. The Hall–Kier alpha value is -3.61. The van der Waals surface area contributed by atoms with Crippen LogP contribution in [0.5, 0.6) is 11.5 Å². The summed E-state index contributed by atoms with van der Waals surface area (Å²) in [6.07, 6.45) is 0.857. The summed E-state index contributed by atoms with van der Waals surface area (Å²) >= 11 is 0. The van der Waals surface area contributed by atoms with Crippen molar-refractivity contribution < 1.29 is 24.5 Å². The largest absolute Gasteiger partial charge is 0.497 e. The number of carbonyl (C=O) groups is 1. The fourth-order valence-corrected chi connectivity index (χ4v) is 3.15. The van der Waals surface area contributed by atoms with Crippen LogP contribution < -0.4 is 14.8 Å². The van der Waals surface area contributed by atoms with Crippen LogP contribution in [0.25, 0.3) is 11.6 Å². The van der Waals surface area contributed by atoms with Crippen LogP contribution in [0.3, 0.4) is 0 Å². The maximum atomic E-state index is 11.9. The van der Waals surface area contributed by atoms with Gasteiger partial charge in [0, 0.05) is 18.7 Å². The molecule has 0 fully saturated rings. The molecule has 32 heavy (non-hydrogen) atoms. The smallest absolute Gasteiger partial charge is 0.336 e. The molecule has 6 nitrogen and oxygen atoms in total. The Morgan fingerprint density at radius 1 is 1.00 bits per heavy atom. The molecule has 0 radical (unpaired) electrons. The Morgan fingerprint density at radius 2 is 1.69 bits per heavy atom. The molecular weight excluding hydrogens is 406 g/mol. The Balaban J connectivity index is 1.65. The summed E-state index contributed by atoms with van der Waals surface area (Å²) in [5, 5.41) is 23.2. The van der Waals surface area contributed by atoms with Gasteiger partial charge in [-0.2, -0.15) is 0 Å². The van der Waals surface area contributed by atoms with Gasteiger partial charge in [-0.05, 0) is 35.4 Å². The fraction of sp³-hybridized carbons (Fsp3) is 0.192. The predicted molar refractivity (Wildman–Crippen MR) is 125 cm³/mol. The number of rotatable bonds is 11. The number of para-hydroxylation sites is 1. The van der Waals surface area contributed by atoms with Gasteiger partial charge in [0.05, 0.1) is 12.7 Å². The van der Waals surface area contributed by atoms with Crippen LogP contribution in [0.4, 0.5) is 0 Å². The molecule has 0 aliphatic rings. The van der Waals surface area contributed by atoms with Crippen LogP contribution in [0.2, 0.25) is 0 Å². The molecule has 1 unspecified atom stereocenters. The summed E-state index contributed by atoms with van der Waals surface area (Å²) < 4.78 is 10.9. The van der Waals surface area contributed by atoms with Crippen molar-refractivity contribution in [3.8, 4) is 11.5 Å². The monoisotopic (exact) mass is 433 g/mol. The van der Waals surface area contributed by atoms with E-state index >= 15 is 0 Å². The van der Waals surface area contributed by atoms with E-state index in [9.17, 15) is 15.0 Å². The van der Waals surface area contributed by atoms with Gasteiger partial charge in [-0.15, -0.1) is 0 Å². The lowest BCUT2D eigenvalue weighted by Gasteiger charge is -2.15. The molecule has 0 aliphatic carbocycles. The Bertz CT molecular complexity index is 1030. The second kappa shape index (κ2) is 11.7. The minimum atomic E-state index is -1.05. The first-order chi connectivity index (χ1) is 15.6. The molecule has 0 saturated heterocycles. The molecule has 166 valence electrons. The van der Waals surface area contributed by atoms with E-state index in [2.05, 4.69) is 5.32 Å². The van der Waals surface area contributed by atoms with Crippen molar-refractivity contribution >= 4 is 17.6 Å². The predicted octanol–water partition coefficient (Wildman–Crippen LogP) is 3.85.